The molecule has 1 unspecified atom stereocenters. The smallest absolute Gasteiger partial charge is 0.226 e. The fourth-order valence-electron chi connectivity index (χ4n) is 3.37. The van der Waals surface area contributed by atoms with Crippen molar-refractivity contribution in [3.63, 3.8) is 0 Å². The molecule has 146 valence electrons. The largest absolute Gasteiger partial charge is 0.345 e. The number of benzene rings is 1. The Morgan fingerprint density at radius 1 is 1.31 bits per heavy atom. The van der Waals surface area contributed by atoms with E-state index in [2.05, 4.69) is 0 Å². The van der Waals surface area contributed by atoms with E-state index in [-0.39, 0.29) is 29.5 Å². The lowest BCUT2D eigenvalue weighted by atomic mass is 9.92. The molecule has 1 aromatic rings. The first-order valence-corrected chi connectivity index (χ1v) is 10.7. The van der Waals surface area contributed by atoms with Gasteiger partial charge in [-0.1, -0.05) is 44.2 Å². The molecule has 7 heteroatoms. The van der Waals surface area contributed by atoms with E-state index >= 15 is 0 Å². The third-order valence-corrected chi connectivity index (χ3v) is 6.73. The molecule has 26 heavy (non-hydrogen) atoms. The van der Waals surface area contributed by atoms with Crippen molar-refractivity contribution in [1.29, 1.82) is 0 Å². The van der Waals surface area contributed by atoms with E-state index in [0.29, 0.717) is 26.1 Å². The summed E-state index contributed by atoms with van der Waals surface area (Å²) >= 11 is 0. The number of carbonyl (C=O) groups excluding carboxylic acids is 1. The van der Waals surface area contributed by atoms with Crippen LogP contribution in [0.25, 0.3) is 0 Å². The zero-order valence-corrected chi connectivity index (χ0v) is 16.8. The highest BCUT2D eigenvalue weighted by molar-refractivity contribution is 7.88. The molecule has 1 saturated heterocycles. The van der Waals surface area contributed by atoms with Crippen LogP contribution in [0.4, 0.5) is 0 Å². The summed E-state index contributed by atoms with van der Waals surface area (Å²) in [5.41, 5.74) is 6.37. The van der Waals surface area contributed by atoms with Crippen LogP contribution in [0.3, 0.4) is 0 Å². The van der Waals surface area contributed by atoms with Gasteiger partial charge in [0.1, 0.15) is 0 Å². The average molecular weight is 382 g/mol. The molecule has 1 heterocycles. The quantitative estimate of drug-likeness (QED) is 0.779. The monoisotopic (exact) mass is 381 g/mol. The summed E-state index contributed by atoms with van der Waals surface area (Å²) in [6, 6.07) is 9.16. The van der Waals surface area contributed by atoms with Gasteiger partial charge in [-0.3, -0.25) is 4.79 Å². The number of nitrogens with two attached hydrogens (primary N) is 1. The van der Waals surface area contributed by atoms with Crippen LogP contribution in [-0.4, -0.2) is 56.8 Å². The van der Waals surface area contributed by atoms with Gasteiger partial charge in [0.2, 0.25) is 15.9 Å². The first kappa shape index (κ1) is 20.9. The molecule has 0 bridgehead atoms. The van der Waals surface area contributed by atoms with Crippen LogP contribution in [0.1, 0.15) is 32.3 Å². The fraction of sp³-hybridized carbons (Fsp3) is 0.632. The first-order chi connectivity index (χ1) is 12.1. The molecule has 1 aromatic carbocycles. The zero-order valence-electron chi connectivity index (χ0n) is 16.0. The lowest BCUT2D eigenvalue weighted by Crippen LogP contribution is -2.48. The van der Waals surface area contributed by atoms with Crippen molar-refractivity contribution in [1.82, 2.24) is 9.21 Å². The van der Waals surface area contributed by atoms with Crippen molar-refractivity contribution in [3.8, 4) is 0 Å². The van der Waals surface area contributed by atoms with Gasteiger partial charge in [0, 0.05) is 26.7 Å². The van der Waals surface area contributed by atoms with E-state index in [4.69, 9.17) is 5.73 Å². The second-order valence-electron chi connectivity index (χ2n) is 8.00. The van der Waals surface area contributed by atoms with Gasteiger partial charge in [-0.25, -0.2) is 12.7 Å². The van der Waals surface area contributed by atoms with Crippen LogP contribution in [0.2, 0.25) is 0 Å². The van der Waals surface area contributed by atoms with E-state index in [9.17, 15) is 13.2 Å². The van der Waals surface area contributed by atoms with Crippen LogP contribution in [0.15, 0.2) is 30.3 Å². The Morgan fingerprint density at radius 3 is 2.58 bits per heavy atom. The van der Waals surface area contributed by atoms with Crippen molar-refractivity contribution >= 4 is 15.9 Å². The van der Waals surface area contributed by atoms with Crippen LogP contribution >= 0.6 is 0 Å². The van der Waals surface area contributed by atoms with E-state index < -0.39 is 10.0 Å². The molecular weight excluding hydrogens is 350 g/mol. The molecule has 0 aromatic heterocycles. The number of sulfonamides is 1. The van der Waals surface area contributed by atoms with Crippen molar-refractivity contribution in [3.05, 3.63) is 35.9 Å². The Labute approximate surface area is 157 Å². The summed E-state index contributed by atoms with van der Waals surface area (Å²) in [4.78, 5) is 14.5. The molecule has 2 N–H and O–H groups in total. The van der Waals surface area contributed by atoms with Gasteiger partial charge in [0.25, 0.3) is 0 Å². The Morgan fingerprint density at radius 2 is 1.96 bits per heavy atom. The van der Waals surface area contributed by atoms with Crippen LogP contribution < -0.4 is 5.73 Å². The topological polar surface area (TPSA) is 83.7 Å². The zero-order chi connectivity index (χ0) is 19.4. The van der Waals surface area contributed by atoms with Gasteiger partial charge in [0.05, 0.1) is 11.7 Å². The summed E-state index contributed by atoms with van der Waals surface area (Å²) in [5, 5.41) is 0. The molecule has 0 radical (unpaired) electrons. The number of carbonyl (C=O) groups is 1. The minimum atomic E-state index is -3.43. The van der Waals surface area contributed by atoms with Crippen LogP contribution in [0, 0.1) is 11.3 Å². The molecule has 0 saturated carbocycles. The van der Waals surface area contributed by atoms with Crippen molar-refractivity contribution in [2.24, 2.45) is 17.1 Å². The fourth-order valence-corrected chi connectivity index (χ4v) is 4.98. The SMILES string of the molecule is CN(CC(C)(C)CN)C(=O)C1CCCN(S(=O)(=O)Cc2ccccc2)C1. The molecule has 0 spiro atoms. The summed E-state index contributed by atoms with van der Waals surface area (Å²) in [6.45, 7) is 5.85. The number of piperidine rings is 1. The van der Waals surface area contributed by atoms with E-state index in [1.54, 1.807) is 11.9 Å². The maximum Gasteiger partial charge on any atom is 0.226 e. The molecule has 6 nitrogen and oxygen atoms in total. The molecule has 1 amide bonds. The molecule has 2 rings (SSSR count). The average Bonchev–Trinajstić information content (AvgIpc) is 2.61. The molecule has 1 atom stereocenters. The van der Waals surface area contributed by atoms with Gasteiger partial charge in [0.15, 0.2) is 0 Å². The lowest BCUT2D eigenvalue weighted by molar-refractivity contribution is -0.136. The third-order valence-electron chi connectivity index (χ3n) is 4.91. The summed E-state index contributed by atoms with van der Waals surface area (Å²) in [6.07, 6.45) is 1.43. The minimum Gasteiger partial charge on any atom is -0.345 e. The second kappa shape index (κ2) is 8.50. The molecular formula is C19H31N3O3S. The van der Waals surface area contributed by atoms with Crippen molar-refractivity contribution in [2.75, 3.05) is 33.2 Å². The highest BCUT2D eigenvalue weighted by Gasteiger charge is 2.34. The van der Waals surface area contributed by atoms with Gasteiger partial charge in [-0.2, -0.15) is 0 Å². The number of rotatable bonds is 7. The summed E-state index contributed by atoms with van der Waals surface area (Å²) in [5.74, 6) is -0.302. The lowest BCUT2D eigenvalue weighted by Gasteiger charge is -2.35. The van der Waals surface area contributed by atoms with Crippen LogP contribution in [0.5, 0.6) is 0 Å². The molecule has 1 fully saturated rings. The minimum absolute atomic E-state index is 0.00568. The second-order valence-corrected chi connectivity index (χ2v) is 9.97. The van der Waals surface area contributed by atoms with E-state index in [0.717, 1.165) is 12.0 Å². The van der Waals surface area contributed by atoms with E-state index in [1.165, 1.54) is 4.31 Å². The van der Waals surface area contributed by atoms with Gasteiger partial charge < -0.3 is 10.6 Å². The number of hydrogen-bond donors (Lipinski definition) is 1. The first-order valence-electron chi connectivity index (χ1n) is 9.11. The van der Waals surface area contributed by atoms with Crippen LogP contribution in [-0.2, 0) is 20.6 Å². The molecule has 1 aliphatic rings. The number of hydrogen-bond acceptors (Lipinski definition) is 4. The van der Waals surface area contributed by atoms with Gasteiger partial charge in [-0.05, 0) is 30.4 Å². The summed E-state index contributed by atoms with van der Waals surface area (Å²) < 4.78 is 27.0. The Hall–Kier alpha value is -1.44. The highest BCUT2D eigenvalue weighted by atomic mass is 32.2. The number of nitrogens with zero attached hydrogens (tertiary/aromatic N) is 2. The Bertz CT molecular complexity index is 704. The highest BCUT2D eigenvalue weighted by Crippen LogP contribution is 2.24. The normalized spacial score (nSPS) is 19.3. The van der Waals surface area contributed by atoms with Crippen molar-refractivity contribution < 1.29 is 13.2 Å². The Kier molecular flexibility index (Phi) is 6.82. The third kappa shape index (κ3) is 5.53. The maximum atomic E-state index is 12.8. The predicted octanol–water partition coefficient (Wildman–Crippen LogP) is 1.67. The summed E-state index contributed by atoms with van der Waals surface area (Å²) in [7, 11) is -1.65. The maximum absolute atomic E-state index is 12.8. The van der Waals surface area contributed by atoms with Gasteiger partial charge in [-0.15, -0.1) is 0 Å². The number of amides is 1. The molecule has 0 aliphatic carbocycles. The van der Waals surface area contributed by atoms with E-state index in [1.807, 2.05) is 44.2 Å². The van der Waals surface area contributed by atoms with Gasteiger partial charge >= 0.3 is 0 Å². The standard InChI is InChI=1S/C19H31N3O3S/c1-19(2,14-20)15-21(3)18(23)17-10-7-11-22(12-17)26(24,25)13-16-8-5-4-6-9-16/h4-6,8-9,17H,7,10-15,20H2,1-3H3. The molecule has 1 aliphatic heterocycles. The predicted molar refractivity (Wildman–Crippen MR) is 104 cm³/mol. The van der Waals surface area contributed by atoms with Crippen molar-refractivity contribution in [2.45, 2.75) is 32.4 Å². The Balaban J connectivity index is 2.02.